The molecule has 1 unspecified atom stereocenters. The van der Waals surface area contributed by atoms with Crippen molar-refractivity contribution in [2.24, 2.45) is 5.92 Å². The van der Waals surface area contributed by atoms with Gasteiger partial charge in [-0.25, -0.2) is 9.18 Å². The number of likely N-dealkylation sites (tertiary alicyclic amines) is 1. The monoisotopic (exact) mass is 377 g/mol. The van der Waals surface area contributed by atoms with E-state index in [1.54, 1.807) is 23.1 Å². The standard InChI is InChI=1S/C21H28FNO4/c1-5-6-17(18(24)25)21(15-7-9-16(22)10-8-15)11-13-23(14-12-21)19(26)27-20(2,3)4/h5,7-10,17H,1,6,11-14H2,2-4H3,(H,24,25). The number of rotatable bonds is 5. The van der Waals surface area contributed by atoms with E-state index in [-0.39, 0.29) is 5.82 Å². The Morgan fingerprint density at radius 2 is 1.85 bits per heavy atom. The van der Waals surface area contributed by atoms with Gasteiger partial charge in [0.2, 0.25) is 0 Å². The molecule has 0 saturated carbocycles. The summed E-state index contributed by atoms with van der Waals surface area (Å²) in [7, 11) is 0. The van der Waals surface area contributed by atoms with Gasteiger partial charge in [-0.05, 0) is 57.7 Å². The maximum Gasteiger partial charge on any atom is 0.410 e. The van der Waals surface area contributed by atoms with Gasteiger partial charge >= 0.3 is 12.1 Å². The molecule has 1 heterocycles. The Morgan fingerprint density at radius 3 is 2.30 bits per heavy atom. The van der Waals surface area contributed by atoms with E-state index in [1.807, 2.05) is 20.8 Å². The third kappa shape index (κ3) is 4.87. The van der Waals surface area contributed by atoms with E-state index in [1.165, 1.54) is 12.1 Å². The number of benzene rings is 1. The summed E-state index contributed by atoms with van der Waals surface area (Å²) in [5.74, 6) is -1.97. The van der Waals surface area contributed by atoms with Gasteiger partial charge in [-0.1, -0.05) is 18.2 Å². The number of piperidine rings is 1. The molecule has 1 N–H and O–H groups in total. The van der Waals surface area contributed by atoms with Gasteiger partial charge < -0.3 is 14.7 Å². The van der Waals surface area contributed by atoms with Crippen LogP contribution in [0.4, 0.5) is 9.18 Å². The van der Waals surface area contributed by atoms with Gasteiger partial charge in [0.05, 0.1) is 5.92 Å². The fourth-order valence-corrected chi connectivity index (χ4v) is 3.76. The lowest BCUT2D eigenvalue weighted by atomic mass is 9.63. The van der Waals surface area contributed by atoms with Crippen LogP contribution in [0.3, 0.4) is 0 Å². The molecule has 2 rings (SSSR count). The highest BCUT2D eigenvalue weighted by atomic mass is 19.1. The van der Waals surface area contributed by atoms with Crippen LogP contribution in [-0.4, -0.2) is 40.8 Å². The molecule has 1 aliphatic heterocycles. The molecule has 0 spiro atoms. The molecule has 1 saturated heterocycles. The number of carbonyl (C=O) groups is 2. The number of halogens is 1. The van der Waals surface area contributed by atoms with Crippen molar-refractivity contribution in [1.29, 1.82) is 0 Å². The maximum atomic E-state index is 13.4. The van der Waals surface area contributed by atoms with Gasteiger partial charge in [-0.3, -0.25) is 4.79 Å². The van der Waals surface area contributed by atoms with Crippen LogP contribution < -0.4 is 0 Å². The molecule has 27 heavy (non-hydrogen) atoms. The average molecular weight is 377 g/mol. The number of hydrogen-bond acceptors (Lipinski definition) is 3. The molecule has 1 amide bonds. The van der Waals surface area contributed by atoms with Gasteiger partial charge in [0.1, 0.15) is 11.4 Å². The van der Waals surface area contributed by atoms with Crippen molar-refractivity contribution in [3.05, 3.63) is 48.3 Å². The second-order valence-corrected chi connectivity index (χ2v) is 8.05. The van der Waals surface area contributed by atoms with Gasteiger partial charge in [0, 0.05) is 18.5 Å². The second kappa shape index (κ2) is 8.11. The predicted molar refractivity (Wildman–Crippen MR) is 101 cm³/mol. The molecule has 0 radical (unpaired) electrons. The van der Waals surface area contributed by atoms with Crippen molar-refractivity contribution in [3.63, 3.8) is 0 Å². The number of ether oxygens (including phenoxy) is 1. The van der Waals surface area contributed by atoms with Crippen molar-refractivity contribution in [3.8, 4) is 0 Å². The zero-order valence-electron chi connectivity index (χ0n) is 16.2. The number of hydrogen-bond donors (Lipinski definition) is 1. The molecule has 1 fully saturated rings. The number of aliphatic carboxylic acids is 1. The van der Waals surface area contributed by atoms with E-state index >= 15 is 0 Å². The van der Waals surface area contributed by atoms with Crippen LogP contribution in [0, 0.1) is 11.7 Å². The number of nitrogens with zero attached hydrogens (tertiary/aromatic N) is 1. The molecular weight excluding hydrogens is 349 g/mol. The van der Waals surface area contributed by atoms with E-state index in [2.05, 4.69) is 6.58 Å². The molecule has 5 nitrogen and oxygen atoms in total. The predicted octanol–water partition coefficient (Wildman–Crippen LogP) is 4.37. The fourth-order valence-electron chi connectivity index (χ4n) is 3.76. The van der Waals surface area contributed by atoms with Crippen LogP contribution in [0.5, 0.6) is 0 Å². The molecule has 0 bridgehead atoms. The molecule has 1 aromatic rings. The van der Waals surface area contributed by atoms with Gasteiger partial charge in [0.25, 0.3) is 0 Å². The molecule has 0 aromatic heterocycles. The summed E-state index contributed by atoms with van der Waals surface area (Å²) in [4.78, 5) is 26.0. The third-order valence-electron chi connectivity index (χ3n) is 5.09. The van der Waals surface area contributed by atoms with Crippen molar-refractivity contribution in [1.82, 2.24) is 4.90 Å². The first-order valence-electron chi connectivity index (χ1n) is 9.17. The van der Waals surface area contributed by atoms with E-state index in [9.17, 15) is 19.1 Å². The van der Waals surface area contributed by atoms with Crippen molar-refractivity contribution < 1.29 is 23.8 Å². The van der Waals surface area contributed by atoms with Crippen molar-refractivity contribution in [2.75, 3.05) is 13.1 Å². The molecule has 1 aromatic carbocycles. The summed E-state index contributed by atoms with van der Waals surface area (Å²) >= 11 is 0. The molecule has 6 heteroatoms. The molecule has 148 valence electrons. The molecule has 0 aliphatic carbocycles. The third-order valence-corrected chi connectivity index (χ3v) is 5.09. The Kier molecular flexibility index (Phi) is 6.29. The normalized spacial score (nSPS) is 17.9. The largest absolute Gasteiger partial charge is 0.481 e. The van der Waals surface area contributed by atoms with Crippen LogP contribution in [0.15, 0.2) is 36.9 Å². The number of carbonyl (C=O) groups excluding carboxylic acids is 1. The lowest BCUT2D eigenvalue weighted by Crippen LogP contribution is -2.51. The number of carboxylic acid groups (broad SMARTS) is 1. The minimum atomic E-state index is -0.912. The smallest absolute Gasteiger partial charge is 0.410 e. The topological polar surface area (TPSA) is 66.8 Å². The number of carboxylic acids is 1. The highest BCUT2D eigenvalue weighted by Crippen LogP contribution is 2.44. The van der Waals surface area contributed by atoms with Gasteiger partial charge in [0.15, 0.2) is 0 Å². The number of amides is 1. The van der Waals surface area contributed by atoms with E-state index in [0.29, 0.717) is 32.4 Å². The Bertz CT molecular complexity index is 685. The SMILES string of the molecule is C=CCC(C(=O)O)C1(c2ccc(F)cc2)CCN(C(=O)OC(C)(C)C)CC1. The zero-order valence-corrected chi connectivity index (χ0v) is 16.2. The lowest BCUT2D eigenvalue weighted by Gasteiger charge is -2.45. The first-order chi connectivity index (χ1) is 12.6. The van der Waals surface area contributed by atoms with Crippen LogP contribution in [0.2, 0.25) is 0 Å². The summed E-state index contributed by atoms with van der Waals surface area (Å²) in [6, 6.07) is 6.00. The van der Waals surface area contributed by atoms with Gasteiger partial charge in [-0.2, -0.15) is 0 Å². The minimum absolute atomic E-state index is 0.305. The van der Waals surface area contributed by atoms with E-state index < -0.39 is 29.0 Å². The first-order valence-corrected chi connectivity index (χ1v) is 9.17. The van der Waals surface area contributed by atoms with Crippen LogP contribution in [0.1, 0.15) is 45.6 Å². The molecule has 1 aliphatic rings. The minimum Gasteiger partial charge on any atom is -0.481 e. The van der Waals surface area contributed by atoms with Crippen LogP contribution in [0.25, 0.3) is 0 Å². The fraction of sp³-hybridized carbons (Fsp3) is 0.524. The van der Waals surface area contributed by atoms with Crippen molar-refractivity contribution >= 4 is 12.1 Å². The summed E-state index contributed by atoms with van der Waals surface area (Å²) < 4.78 is 18.8. The average Bonchev–Trinajstić information content (AvgIpc) is 2.58. The summed E-state index contributed by atoms with van der Waals surface area (Å²) in [5.41, 5.74) is -0.497. The Balaban J connectivity index is 2.31. The second-order valence-electron chi connectivity index (χ2n) is 8.05. The molecular formula is C21H28FNO4. The highest BCUT2D eigenvalue weighted by Gasteiger charge is 2.46. The van der Waals surface area contributed by atoms with Crippen LogP contribution in [-0.2, 0) is 14.9 Å². The van der Waals surface area contributed by atoms with Gasteiger partial charge in [-0.15, -0.1) is 6.58 Å². The zero-order chi connectivity index (χ0) is 20.2. The number of allylic oxidation sites excluding steroid dienone is 1. The summed E-state index contributed by atoms with van der Waals surface area (Å²) in [6.45, 7) is 9.88. The first kappa shape index (κ1) is 20.9. The summed E-state index contributed by atoms with van der Waals surface area (Å²) in [6.07, 6.45) is 2.43. The highest BCUT2D eigenvalue weighted by molar-refractivity contribution is 5.73. The molecule has 1 atom stereocenters. The quantitative estimate of drug-likeness (QED) is 0.774. The Labute approximate surface area is 159 Å². The van der Waals surface area contributed by atoms with Crippen LogP contribution >= 0.6 is 0 Å². The maximum absolute atomic E-state index is 13.4. The lowest BCUT2D eigenvalue weighted by molar-refractivity contribution is -0.145. The van der Waals surface area contributed by atoms with Crippen molar-refractivity contribution in [2.45, 2.75) is 51.0 Å². The summed E-state index contributed by atoms with van der Waals surface area (Å²) in [5, 5.41) is 9.84. The Hall–Kier alpha value is -2.37. The van der Waals surface area contributed by atoms with E-state index in [0.717, 1.165) is 5.56 Å². The Morgan fingerprint density at radius 1 is 1.30 bits per heavy atom. The van der Waals surface area contributed by atoms with E-state index in [4.69, 9.17) is 4.74 Å².